The van der Waals surface area contributed by atoms with Gasteiger partial charge in [0.2, 0.25) is 0 Å². The van der Waals surface area contributed by atoms with Crippen molar-refractivity contribution in [3.63, 3.8) is 0 Å². The third kappa shape index (κ3) is 5.02. The minimum Gasteiger partial charge on any atom is -0.348 e. The summed E-state index contributed by atoms with van der Waals surface area (Å²) >= 11 is 0. The zero-order valence-electron chi connectivity index (χ0n) is 18.2. The summed E-state index contributed by atoms with van der Waals surface area (Å²) < 4.78 is 0. The summed E-state index contributed by atoms with van der Waals surface area (Å²) in [5, 5.41) is 2.89. The molecule has 1 amide bonds. The van der Waals surface area contributed by atoms with Crippen molar-refractivity contribution in [3.8, 4) is 11.1 Å². The molecule has 0 aliphatic carbocycles. The molecule has 6 heteroatoms. The number of aryl methyl sites for hydroxylation is 3. The lowest BCUT2D eigenvalue weighted by atomic mass is 10.00. The lowest BCUT2D eigenvalue weighted by molar-refractivity contribution is 0.0950. The second-order valence-corrected chi connectivity index (χ2v) is 7.93. The first-order chi connectivity index (χ1) is 14.2. The molecule has 0 atom stereocenters. The minimum atomic E-state index is -0.203. The normalized spacial score (nSPS) is 11.0. The van der Waals surface area contributed by atoms with Crippen LogP contribution in [0.25, 0.3) is 11.1 Å². The average Bonchev–Trinajstić information content (AvgIpc) is 2.67. The van der Waals surface area contributed by atoms with Crippen LogP contribution in [-0.4, -0.2) is 34.9 Å². The highest BCUT2D eigenvalue weighted by atomic mass is 16.1. The molecule has 0 saturated carbocycles. The molecule has 0 bridgehead atoms. The van der Waals surface area contributed by atoms with Crippen LogP contribution in [0.3, 0.4) is 0 Å². The van der Waals surface area contributed by atoms with Gasteiger partial charge >= 0.3 is 0 Å². The summed E-state index contributed by atoms with van der Waals surface area (Å²) in [5.74, 6) is -0.203. The van der Waals surface area contributed by atoms with E-state index in [1.807, 2.05) is 77.5 Å². The Labute approximate surface area is 177 Å². The first-order valence-electron chi connectivity index (χ1n) is 9.93. The number of hydrogen-bond acceptors (Lipinski definition) is 4. The van der Waals surface area contributed by atoms with Crippen LogP contribution in [0, 0.1) is 20.8 Å². The van der Waals surface area contributed by atoms with E-state index in [0.717, 1.165) is 40.2 Å². The number of benzene rings is 1. The quantitative estimate of drug-likeness (QED) is 0.660. The summed E-state index contributed by atoms with van der Waals surface area (Å²) in [4.78, 5) is 34.4. The Bertz CT molecular complexity index is 1120. The van der Waals surface area contributed by atoms with Crippen molar-refractivity contribution in [1.29, 1.82) is 0 Å². The van der Waals surface area contributed by atoms with Crippen molar-refractivity contribution >= 4 is 5.91 Å². The number of H-pyrrole nitrogens is 1. The molecule has 1 aromatic carbocycles. The average molecular weight is 405 g/mol. The molecule has 0 radical (unpaired) electrons. The molecule has 0 spiro atoms. The van der Waals surface area contributed by atoms with E-state index in [9.17, 15) is 9.59 Å². The number of amides is 1. The smallest absolute Gasteiger partial charge is 0.253 e. The number of rotatable bonds is 6. The predicted octanol–water partition coefficient (Wildman–Crippen LogP) is 3.35. The second-order valence-electron chi connectivity index (χ2n) is 7.93. The fourth-order valence-electron chi connectivity index (χ4n) is 3.42. The van der Waals surface area contributed by atoms with E-state index in [4.69, 9.17) is 0 Å². The van der Waals surface area contributed by atoms with Gasteiger partial charge in [-0.25, -0.2) is 0 Å². The largest absolute Gasteiger partial charge is 0.348 e. The molecule has 0 saturated heterocycles. The van der Waals surface area contributed by atoms with E-state index < -0.39 is 0 Å². The van der Waals surface area contributed by atoms with Crippen LogP contribution in [-0.2, 0) is 13.1 Å². The molecule has 0 fully saturated rings. The molecule has 6 nitrogen and oxygen atoms in total. The maximum absolute atomic E-state index is 12.8. The first-order valence-corrected chi connectivity index (χ1v) is 9.93. The van der Waals surface area contributed by atoms with Crippen LogP contribution >= 0.6 is 0 Å². The van der Waals surface area contributed by atoms with Gasteiger partial charge in [-0.2, -0.15) is 0 Å². The zero-order valence-corrected chi connectivity index (χ0v) is 18.2. The number of nitrogens with one attached hydrogen (secondary N) is 2. The van der Waals surface area contributed by atoms with Gasteiger partial charge in [-0.05, 0) is 69.8 Å². The van der Waals surface area contributed by atoms with Gasteiger partial charge < -0.3 is 15.2 Å². The van der Waals surface area contributed by atoms with Crippen molar-refractivity contribution in [3.05, 3.63) is 86.6 Å². The van der Waals surface area contributed by atoms with Gasteiger partial charge in [0, 0.05) is 41.7 Å². The van der Waals surface area contributed by atoms with E-state index in [-0.39, 0.29) is 18.0 Å². The van der Waals surface area contributed by atoms with Crippen molar-refractivity contribution in [2.75, 3.05) is 14.1 Å². The van der Waals surface area contributed by atoms with Crippen LogP contribution in [0.4, 0.5) is 0 Å². The van der Waals surface area contributed by atoms with E-state index in [2.05, 4.69) is 20.2 Å². The standard InChI is InChI=1S/C24H28N4O2/c1-15-6-7-18(19-8-9-20(25-12-19)14-28(4)5)11-21(15)23(29)26-13-22-16(2)10-17(3)27-24(22)30/h6-12H,13-14H2,1-5H3,(H,26,29)(H,27,30). The van der Waals surface area contributed by atoms with E-state index in [0.29, 0.717) is 11.1 Å². The summed E-state index contributed by atoms with van der Waals surface area (Å²) in [6.45, 7) is 6.58. The summed E-state index contributed by atoms with van der Waals surface area (Å²) in [5.41, 5.74) is 6.43. The van der Waals surface area contributed by atoms with Gasteiger partial charge in [-0.15, -0.1) is 0 Å². The number of aromatic amines is 1. The molecule has 0 aliphatic heterocycles. The highest BCUT2D eigenvalue weighted by molar-refractivity contribution is 5.96. The maximum atomic E-state index is 12.8. The molecule has 2 aromatic heterocycles. The fraction of sp³-hybridized carbons (Fsp3) is 0.292. The van der Waals surface area contributed by atoms with Gasteiger partial charge in [-0.1, -0.05) is 18.2 Å². The molecule has 0 aliphatic rings. The Hall–Kier alpha value is -3.25. The Balaban J connectivity index is 1.79. The topological polar surface area (TPSA) is 78.1 Å². The lowest BCUT2D eigenvalue weighted by Crippen LogP contribution is -2.28. The summed E-state index contributed by atoms with van der Waals surface area (Å²) in [7, 11) is 4.01. The van der Waals surface area contributed by atoms with Crippen molar-refractivity contribution in [2.24, 2.45) is 0 Å². The van der Waals surface area contributed by atoms with Crippen LogP contribution in [0.5, 0.6) is 0 Å². The highest BCUT2D eigenvalue weighted by Gasteiger charge is 2.13. The van der Waals surface area contributed by atoms with Crippen molar-refractivity contribution < 1.29 is 4.79 Å². The lowest BCUT2D eigenvalue weighted by Gasteiger charge is -2.12. The Kier molecular flexibility index (Phi) is 6.47. The van der Waals surface area contributed by atoms with Crippen molar-refractivity contribution in [2.45, 2.75) is 33.9 Å². The van der Waals surface area contributed by atoms with Gasteiger partial charge in [0.15, 0.2) is 0 Å². The monoisotopic (exact) mass is 404 g/mol. The number of carbonyl (C=O) groups excluding carboxylic acids is 1. The molecule has 2 N–H and O–H groups in total. The Morgan fingerprint density at radius 1 is 1.03 bits per heavy atom. The maximum Gasteiger partial charge on any atom is 0.253 e. The molecule has 30 heavy (non-hydrogen) atoms. The van der Waals surface area contributed by atoms with Crippen LogP contribution in [0.2, 0.25) is 0 Å². The fourth-order valence-corrected chi connectivity index (χ4v) is 3.42. The summed E-state index contributed by atoms with van der Waals surface area (Å²) in [6.07, 6.45) is 1.83. The molecule has 3 aromatic rings. The third-order valence-electron chi connectivity index (χ3n) is 5.04. The second kappa shape index (κ2) is 9.05. The molecule has 0 unspecified atom stereocenters. The van der Waals surface area contributed by atoms with E-state index >= 15 is 0 Å². The zero-order chi connectivity index (χ0) is 21.8. The number of hydrogen-bond donors (Lipinski definition) is 2. The molecular formula is C24H28N4O2. The van der Waals surface area contributed by atoms with Gasteiger partial charge in [-0.3, -0.25) is 14.6 Å². The van der Waals surface area contributed by atoms with Gasteiger partial charge in [0.25, 0.3) is 11.5 Å². The van der Waals surface area contributed by atoms with Crippen molar-refractivity contribution in [1.82, 2.24) is 20.2 Å². The van der Waals surface area contributed by atoms with Crippen LogP contribution in [0.15, 0.2) is 47.4 Å². The molecule has 3 rings (SSSR count). The summed E-state index contributed by atoms with van der Waals surface area (Å²) in [6, 6.07) is 11.7. The molecule has 2 heterocycles. The molecular weight excluding hydrogens is 376 g/mol. The van der Waals surface area contributed by atoms with E-state index in [1.165, 1.54) is 0 Å². The number of nitrogens with zero attached hydrogens (tertiary/aromatic N) is 2. The predicted molar refractivity (Wildman–Crippen MR) is 120 cm³/mol. The number of pyridine rings is 2. The van der Waals surface area contributed by atoms with Crippen LogP contribution < -0.4 is 10.9 Å². The Morgan fingerprint density at radius 2 is 1.77 bits per heavy atom. The van der Waals surface area contributed by atoms with E-state index in [1.54, 1.807) is 0 Å². The third-order valence-corrected chi connectivity index (χ3v) is 5.04. The molecule has 156 valence electrons. The Morgan fingerprint density at radius 3 is 2.40 bits per heavy atom. The minimum absolute atomic E-state index is 0.165. The van der Waals surface area contributed by atoms with Gasteiger partial charge in [0.1, 0.15) is 0 Å². The number of aromatic nitrogens is 2. The van der Waals surface area contributed by atoms with Crippen LogP contribution in [0.1, 0.15) is 38.4 Å². The van der Waals surface area contributed by atoms with Gasteiger partial charge in [0.05, 0.1) is 5.69 Å². The number of carbonyl (C=O) groups is 1. The highest BCUT2D eigenvalue weighted by Crippen LogP contribution is 2.22. The first kappa shape index (κ1) is 21.5. The SMILES string of the molecule is Cc1cc(C)c(CNC(=O)c2cc(-c3ccc(CN(C)C)nc3)ccc2C)c(=O)[nH]1.